The number of nitrogens with zero attached hydrogens (tertiary/aromatic N) is 5. The molecule has 0 aliphatic carbocycles. The van der Waals surface area contributed by atoms with Gasteiger partial charge in [-0.25, -0.2) is 4.39 Å². The maximum atomic E-state index is 14.1. The minimum atomic E-state index is -0.209. The van der Waals surface area contributed by atoms with E-state index in [0.717, 1.165) is 36.5 Å². The zero-order chi connectivity index (χ0) is 22.6. The summed E-state index contributed by atoms with van der Waals surface area (Å²) < 4.78 is 14.1. The predicted molar refractivity (Wildman–Crippen MR) is 128 cm³/mol. The van der Waals surface area contributed by atoms with E-state index in [2.05, 4.69) is 15.1 Å². The topological polar surface area (TPSA) is 52.6 Å². The van der Waals surface area contributed by atoms with Crippen LogP contribution in [0.1, 0.15) is 12.8 Å². The van der Waals surface area contributed by atoms with Crippen LogP contribution in [-0.4, -0.2) is 60.3 Å². The third kappa shape index (κ3) is 4.67. The molecule has 2 aliphatic heterocycles. The van der Waals surface area contributed by atoms with Crippen molar-refractivity contribution in [3.63, 3.8) is 0 Å². The number of piperazine rings is 1. The third-order valence-corrected chi connectivity index (χ3v) is 6.60. The van der Waals surface area contributed by atoms with Gasteiger partial charge in [0.25, 0.3) is 0 Å². The normalized spacial score (nSPS) is 18.9. The Morgan fingerprint density at radius 3 is 2.30 bits per heavy atom. The number of rotatable bonds is 4. The molecule has 2 aliphatic rings. The number of piperidine rings is 1. The van der Waals surface area contributed by atoms with E-state index < -0.39 is 0 Å². The van der Waals surface area contributed by atoms with Crippen molar-refractivity contribution in [1.29, 1.82) is 0 Å². The lowest BCUT2D eigenvalue weighted by atomic mass is 9.96. The first kappa shape index (κ1) is 21.4. The monoisotopic (exact) mass is 445 g/mol. The number of para-hydroxylation sites is 1. The summed E-state index contributed by atoms with van der Waals surface area (Å²) in [5.74, 6) is 0.757. The number of aromatic nitrogens is 2. The van der Waals surface area contributed by atoms with Crippen molar-refractivity contribution in [2.45, 2.75) is 12.8 Å². The number of hydrogen-bond donors (Lipinski definition) is 0. The Morgan fingerprint density at radius 2 is 1.58 bits per heavy atom. The van der Waals surface area contributed by atoms with E-state index in [4.69, 9.17) is 0 Å². The number of anilines is 2. The zero-order valence-corrected chi connectivity index (χ0v) is 18.6. The fraction of sp³-hybridized carbons (Fsp3) is 0.346. The van der Waals surface area contributed by atoms with Crippen molar-refractivity contribution >= 4 is 17.4 Å². The third-order valence-electron chi connectivity index (χ3n) is 6.60. The highest BCUT2D eigenvalue weighted by Crippen LogP contribution is 2.26. The van der Waals surface area contributed by atoms with Gasteiger partial charge in [-0.15, -0.1) is 10.2 Å². The average molecular weight is 446 g/mol. The van der Waals surface area contributed by atoms with Crippen LogP contribution in [0.2, 0.25) is 0 Å². The fourth-order valence-electron chi connectivity index (χ4n) is 4.78. The van der Waals surface area contributed by atoms with Gasteiger partial charge in [-0.2, -0.15) is 0 Å². The summed E-state index contributed by atoms with van der Waals surface area (Å²) >= 11 is 0. The van der Waals surface area contributed by atoms with Gasteiger partial charge in [-0.1, -0.05) is 42.5 Å². The molecule has 2 fully saturated rings. The predicted octanol–water partition coefficient (Wildman–Crippen LogP) is 3.85. The van der Waals surface area contributed by atoms with Crippen LogP contribution in [0.15, 0.2) is 66.7 Å². The summed E-state index contributed by atoms with van der Waals surface area (Å²) in [6, 6.07) is 20.8. The maximum Gasteiger partial charge on any atom is 0.227 e. The second-order valence-corrected chi connectivity index (χ2v) is 8.69. The molecule has 3 heterocycles. The summed E-state index contributed by atoms with van der Waals surface area (Å²) in [6.07, 6.45) is 1.84. The number of carbonyl (C=O) groups excluding carboxylic acids is 1. The molecule has 1 aromatic heterocycles. The molecule has 33 heavy (non-hydrogen) atoms. The van der Waals surface area contributed by atoms with Crippen molar-refractivity contribution in [2.24, 2.45) is 5.92 Å². The standard InChI is InChI=1S/C26H28FN5O/c27-22-10-4-5-11-24(22)30-15-17-31(18-16-30)26(33)21-9-6-14-32(19-21)25-13-12-23(28-29-25)20-7-2-1-3-8-20/h1-5,7-8,10-13,21H,6,9,14-19H2/t21-/m1/s1. The highest BCUT2D eigenvalue weighted by molar-refractivity contribution is 5.80. The minimum Gasteiger partial charge on any atom is -0.366 e. The molecular weight excluding hydrogens is 417 g/mol. The van der Waals surface area contributed by atoms with Gasteiger partial charge in [-0.3, -0.25) is 4.79 Å². The van der Waals surface area contributed by atoms with Gasteiger partial charge < -0.3 is 14.7 Å². The first-order valence-electron chi connectivity index (χ1n) is 11.6. The Morgan fingerprint density at radius 1 is 0.818 bits per heavy atom. The van der Waals surface area contributed by atoms with Gasteiger partial charge in [0.05, 0.1) is 17.3 Å². The fourth-order valence-corrected chi connectivity index (χ4v) is 4.78. The minimum absolute atomic E-state index is 0.0469. The van der Waals surface area contributed by atoms with Gasteiger partial charge in [0.2, 0.25) is 5.91 Å². The second-order valence-electron chi connectivity index (χ2n) is 8.69. The first-order valence-corrected chi connectivity index (χ1v) is 11.6. The van der Waals surface area contributed by atoms with Gasteiger partial charge >= 0.3 is 0 Å². The van der Waals surface area contributed by atoms with Crippen molar-refractivity contribution in [2.75, 3.05) is 49.1 Å². The van der Waals surface area contributed by atoms with Crippen LogP contribution in [0, 0.1) is 11.7 Å². The van der Waals surface area contributed by atoms with Crippen LogP contribution in [0.5, 0.6) is 0 Å². The highest BCUT2D eigenvalue weighted by atomic mass is 19.1. The molecule has 0 bridgehead atoms. The highest BCUT2D eigenvalue weighted by Gasteiger charge is 2.32. The van der Waals surface area contributed by atoms with E-state index in [1.807, 2.05) is 58.3 Å². The van der Waals surface area contributed by atoms with E-state index in [1.165, 1.54) is 6.07 Å². The molecular formula is C26H28FN5O. The molecule has 1 atom stereocenters. The van der Waals surface area contributed by atoms with Gasteiger partial charge in [-0.05, 0) is 37.1 Å². The van der Waals surface area contributed by atoms with Crippen LogP contribution in [0.4, 0.5) is 15.9 Å². The summed E-state index contributed by atoms with van der Waals surface area (Å²) in [5, 5.41) is 8.85. The SMILES string of the molecule is O=C([C@@H]1CCCN(c2ccc(-c3ccccc3)nn2)C1)N1CCN(c2ccccc2F)CC1. The lowest BCUT2D eigenvalue weighted by Gasteiger charge is -2.40. The molecule has 0 radical (unpaired) electrons. The number of halogens is 1. The molecule has 2 aromatic carbocycles. The number of amides is 1. The van der Waals surface area contributed by atoms with Crippen molar-refractivity contribution in [1.82, 2.24) is 15.1 Å². The Balaban J connectivity index is 1.19. The van der Waals surface area contributed by atoms with Crippen molar-refractivity contribution in [3.8, 4) is 11.3 Å². The largest absolute Gasteiger partial charge is 0.366 e. The number of carbonyl (C=O) groups is 1. The molecule has 0 spiro atoms. The molecule has 0 unspecified atom stereocenters. The molecule has 170 valence electrons. The van der Waals surface area contributed by atoms with Crippen LogP contribution >= 0.6 is 0 Å². The van der Waals surface area contributed by atoms with E-state index in [1.54, 1.807) is 12.1 Å². The summed E-state index contributed by atoms with van der Waals surface area (Å²) in [6.45, 7) is 4.07. The molecule has 3 aromatic rings. The van der Waals surface area contributed by atoms with Crippen LogP contribution < -0.4 is 9.80 Å². The number of benzene rings is 2. The van der Waals surface area contributed by atoms with Crippen molar-refractivity contribution < 1.29 is 9.18 Å². The van der Waals surface area contributed by atoms with Gasteiger partial charge in [0.1, 0.15) is 5.82 Å². The Kier molecular flexibility index (Phi) is 6.19. The molecule has 0 saturated carbocycles. The second kappa shape index (κ2) is 9.57. The van der Waals surface area contributed by atoms with E-state index in [-0.39, 0.29) is 17.6 Å². The Bertz CT molecular complexity index is 1080. The summed E-state index contributed by atoms with van der Waals surface area (Å²) in [4.78, 5) is 19.4. The van der Waals surface area contributed by atoms with Gasteiger partial charge in [0.15, 0.2) is 5.82 Å². The molecule has 7 heteroatoms. The summed E-state index contributed by atoms with van der Waals surface area (Å²) in [5.41, 5.74) is 2.50. The quantitative estimate of drug-likeness (QED) is 0.611. The lowest BCUT2D eigenvalue weighted by molar-refractivity contribution is -0.136. The molecule has 0 N–H and O–H groups in total. The number of hydrogen-bond acceptors (Lipinski definition) is 5. The Hall–Kier alpha value is -3.48. The molecule has 5 rings (SSSR count). The summed E-state index contributed by atoms with van der Waals surface area (Å²) in [7, 11) is 0. The Labute approximate surface area is 193 Å². The van der Waals surface area contributed by atoms with Crippen LogP contribution in [0.3, 0.4) is 0 Å². The van der Waals surface area contributed by atoms with Crippen LogP contribution in [0.25, 0.3) is 11.3 Å². The maximum absolute atomic E-state index is 14.1. The zero-order valence-electron chi connectivity index (χ0n) is 18.6. The van der Waals surface area contributed by atoms with E-state index >= 15 is 0 Å². The van der Waals surface area contributed by atoms with E-state index in [0.29, 0.717) is 38.4 Å². The van der Waals surface area contributed by atoms with E-state index in [9.17, 15) is 9.18 Å². The smallest absolute Gasteiger partial charge is 0.227 e. The van der Waals surface area contributed by atoms with Crippen LogP contribution in [-0.2, 0) is 4.79 Å². The first-order chi connectivity index (χ1) is 16.2. The van der Waals surface area contributed by atoms with Crippen molar-refractivity contribution in [3.05, 3.63) is 72.5 Å². The molecule has 1 amide bonds. The van der Waals surface area contributed by atoms with Gasteiger partial charge in [0, 0.05) is 44.8 Å². The molecule has 2 saturated heterocycles. The molecule has 6 nitrogen and oxygen atoms in total. The lowest BCUT2D eigenvalue weighted by Crippen LogP contribution is -2.52. The average Bonchev–Trinajstić information content (AvgIpc) is 2.89.